The Morgan fingerprint density at radius 2 is 1.86 bits per heavy atom. The number of phenolic OH excluding ortho intramolecular Hbond substituents is 2. The molecule has 3 rings (SSSR count). The number of rotatable bonds is 7. The van der Waals surface area contributed by atoms with Crippen LogP contribution in [0.15, 0.2) is 41.2 Å². The monoisotopic (exact) mass is 392 g/mol. The van der Waals surface area contributed by atoms with E-state index in [4.69, 9.17) is 6.42 Å². The molecule has 0 aliphatic rings. The smallest absolute Gasteiger partial charge is 0.343 e. The molecular formula is C22H24N4O3. The topological polar surface area (TPSA) is 103 Å². The number of benzene rings is 2. The van der Waals surface area contributed by atoms with Crippen LogP contribution in [0.4, 0.5) is 0 Å². The van der Waals surface area contributed by atoms with Crippen molar-refractivity contribution in [3.05, 3.63) is 63.6 Å². The number of aromatic amines is 1. The largest absolute Gasteiger partial charge is 0.508 e. The van der Waals surface area contributed by atoms with Crippen molar-refractivity contribution in [1.29, 1.82) is 0 Å². The fraction of sp³-hybridized carbons (Fsp3) is 0.273. The molecule has 7 heteroatoms. The first-order valence-electron chi connectivity index (χ1n) is 9.34. The summed E-state index contributed by atoms with van der Waals surface area (Å²) in [6.45, 7) is 5.34. The van der Waals surface area contributed by atoms with Gasteiger partial charge in [0.2, 0.25) is 0 Å². The molecule has 4 N–H and O–H groups in total. The fourth-order valence-electron chi connectivity index (χ4n) is 3.13. The minimum absolute atomic E-state index is 0.0136. The Morgan fingerprint density at radius 3 is 2.52 bits per heavy atom. The first-order chi connectivity index (χ1) is 13.9. The van der Waals surface area contributed by atoms with Gasteiger partial charge in [-0.15, -0.1) is 6.42 Å². The number of aromatic nitrogens is 3. The minimum atomic E-state index is -0.377. The average molecular weight is 392 g/mol. The number of terminal acetylenes is 1. The summed E-state index contributed by atoms with van der Waals surface area (Å²) in [5.41, 5.74) is 2.68. The van der Waals surface area contributed by atoms with Crippen LogP contribution in [0.1, 0.15) is 36.5 Å². The summed E-state index contributed by atoms with van der Waals surface area (Å²) in [7, 11) is 0. The number of phenols is 2. The van der Waals surface area contributed by atoms with Crippen LogP contribution in [0.2, 0.25) is 0 Å². The summed E-state index contributed by atoms with van der Waals surface area (Å²) < 4.78 is 1.46. The van der Waals surface area contributed by atoms with E-state index in [9.17, 15) is 15.0 Å². The molecule has 0 unspecified atom stereocenters. The van der Waals surface area contributed by atoms with Crippen LogP contribution >= 0.6 is 0 Å². The first-order valence-corrected chi connectivity index (χ1v) is 9.34. The maximum atomic E-state index is 12.3. The van der Waals surface area contributed by atoms with Gasteiger partial charge in [0, 0.05) is 12.6 Å². The molecule has 0 amide bonds. The summed E-state index contributed by atoms with van der Waals surface area (Å²) in [4.78, 5) is 12.3. The van der Waals surface area contributed by atoms with Gasteiger partial charge in [0.1, 0.15) is 11.5 Å². The lowest BCUT2D eigenvalue weighted by molar-refractivity contribution is 0.444. The Morgan fingerprint density at radius 1 is 1.17 bits per heavy atom. The van der Waals surface area contributed by atoms with Crippen molar-refractivity contribution in [2.24, 2.45) is 0 Å². The molecule has 0 aliphatic carbocycles. The fourth-order valence-corrected chi connectivity index (χ4v) is 3.13. The molecule has 0 radical (unpaired) electrons. The van der Waals surface area contributed by atoms with E-state index < -0.39 is 0 Å². The van der Waals surface area contributed by atoms with Gasteiger partial charge in [-0.3, -0.25) is 4.57 Å². The van der Waals surface area contributed by atoms with Gasteiger partial charge in [0.05, 0.1) is 18.7 Å². The van der Waals surface area contributed by atoms with Gasteiger partial charge in [-0.05, 0) is 28.7 Å². The molecule has 1 heterocycles. The first kappa shape index (κ1) is 20.2. The molecule has 3 aromatic rings. The SMILES string of the molecule is C#CCNCc1ccc(Cn2c(-c3cc(C(C)C)c(O)cc3O)n[nH]c2=O)cc1. The normalized spacial score (nSPS) is 11.0. The second kappa shape index (κ2) is 8.67. The number of H-pyrrole nitrogens is 1. The summed E-state index contributed by atoms with van der Waals surface area (Å²) in [5, 5.41) is 30.1. The van der Waals surface area contributed by atoms with Crippen LogP contribution in [-0.2, 0) is 13.1 Å². The highest BCUT2D eigenvalue weighted by Gasteiger charge is 2.18. The molecule has 2 aromatic carbocycles. The van der Waals surface area contributed by atoms with Crippen LogP contribution in [0, 0.1) is 12.3 Å². The maximum absolute atomic E-state index is 12.3. The van der Waals surface area contributed by atoms with Crippen LogP contribution < -0.4 is 11.0 Å². The zero-order chi connectivity index (χ0) is 21.0. The van der Waals surface area contributed by atoms with E-state index in [2.05, 4.69) is 21.4 Å². The molecule has 0 fully saturated rings. The third kappa shape index (κ3) is 4.50. The molecule has 0 atom stereocenters. The highest BCUT2D eigenvalue weighted by molar-refractivity contribution is 5.67. The second-order valence-corrected chi connectivity index (χ2v) is 7.15. The van der Waals surface area contributed by atoms with Crippen LogP contribution in [0.5, 0.6) is 11.5 Å². The zero-order valence-corrected chi connectivity index (χ0v) is 16.4. The number of nitrogens with one attached hydrogen (secondary N) is 2. The Labute approximate surface area is 169 Å². The highest BCUT2D eigenvalue weighted by Crippen LogP contribution is 2.36. The van der Waals surface area contributed by atoms with Gasteiger partial charge in [-0.2, -0.15) is 5.10 Å². The van der Waals surface area contributed by atoms with Crippen LogP contribution in [0.25, 0.3) is 11.4 Å². The molecule has 0 aliphatic heterocycles. The van der Waals surface area contributed by atoms with Crippen molar-refractivity contribution in [2.75, 3.05) is 6.54 Å². The van der Waals surface area contributed by atoms with Gasteiger partial charge in [-0.25, -0.2) is 9.89 Å². The quantitative estimate of drug-likeness (QED) is 0.365. The van der Waals surface area contributed by atoms with Crippen LogP contribution in [0.3, 0.4) is 0 Å². The van der Waals surface area contributed by atoms with Crippen LogP contribution in [-0.4, -0.2) is 31.5 Å². The Hall–Kier alpha value is -3.50. The molecule has 0 saturated carbocycles. The van der Waals surface area contributed by atoms with Gasteiger partial charge >= 0.3 is 5.69 Å². The minimum Gasteiger partial charge on any atom is -0.508 e. The van der Waals surface area contributed by atoms with Crippen molar-refractivity contribution < 1.29 is 10.2 Å². The summed E-state index contributed by atoms with van der Waals surface area (Å²) in [5.74, 6) is 2.77. The number of hydrogen-bond donors (Lipinski definition) is 4. The van der Waals surface area contributed by atoms with Gasteiger partial charge in [-0.1, -0.05) is 44.0 Å². The van der Waals surface area contributed by atoms with Gasteiger partial charge in [0.15, 0.2) is 5.82 Å². The lowest BCUT2D eigenvalue weighted by atomic mass is 9.98. The maximum Gasteiger partial charge on any atom is 0.343 e. The molecule has 150 valence electrons. The summed E-state index contributed by atoms with van der Waals surface area (Å²) >= 11 is 0. The van der Waals surface area contributed by atoms with E-state index in [0.717, 1.165) is 11.1 Å². The molecular weight excluding hydrogens is 368 g/mol. The zero-order valence-electron chi connectivity index (χ0n) is 16.4. The Kier molecular flexibility index (Phi) is 6.05. The lowest BCUT2D eigenvalue weighted by Crippen LogP contribution is -2.18. The highest BCUT2D eigenvalue weighted by atomic mass is 16.3. The summed E-state index contributed by atoms with van der Waals surface area (Å²) in [6.07, 6.45) is 5.23. The molecule has 1 aromatic heterocycles. The second-order valence-electron chi connectivity index (χ2n) is 7.15. The molecule has 7 nitrogen and oxygen atoms in total. The number of hydrogen-bond acceptors (Lipinski definition) is 5. The van der Waals surface area contributed by atoms with E-state index in [1.807, 2.05) is 38.1 Å². The number of aromatic hydroxyl groups is 2. The van der Waals surface area contributed by atoms with Crippen molar-refractivity contribution in [2.45, 2.75) is 32.9 Å². The molecule has 0 bridgehead atoms. The Balaban J connectivity index is 1.91. The van der Waals surface area contributed by atoms with Crippen molar-refractivity contribution in [3.63, 3.8) is 0 Å². The third-order valence-corrected chi connectivity index (χ3v) is 4.69. The standard InChI is InChI=1S/C22H24N4O3/c1-4-9-23-12-15-5-7-16(8-6-15)13-26-21(24-25-22(26)29)18-10-17(14(2)3)19(27)11-20(18)28/h1,5-8,10-11,14,23,27-28H,9,12-13H2,2-3H3,(H,25,29). The lowest BCUT2D eigenvalue weighted by Gasteiger charge is -2.13. The summed E-state index contributed by atoms with van der Waals surface area (Å²) in [6, 6.07) is 10.8. The predicted molar refractivity (Wildman–Crippen MR) is 112 cm³/mol. The predicted octanol–water partition coefficient (Wildman–Crippen LogP) is 2.54. The molecule has 0 spiro atoms. The van der Waals surface area contributed by atoms with Crippen molar-refractivity contribution in [3.8, 4) is 35.2 Å². The Bertz CT molecular complexity index is 1090. The van der Waals surface area contributed by atoms with E-state index in [0.29, 0.717) is 36.6 Å². The number of nitrogens with zero attached hydrogens (tertiary/aromatic N) is 2. The van der Waals surface area contributed by atoms with Crippen molar-refractivity contribution >= 4 is 0 Å². The average Bonchev–Trinajstić information content (AvgIpc) is 3.03. The third-order valence-electron chi connectivity index (χ3n) is 4.69. The van der Waals surface area contributed by atoms with Crippen molar-refractivity contribution in [1.82, 2.24) is 20.1 Å². The van der Waals surface area contributed by atoms with E-state index in [1.165, 1.54) is 10.6 Å². The van der Waals surface area contributed by atoms with E-state index >= 15 is 0 Å². The molecule has 29 heavy (non-hydrogen) atoms. The van der Waals surface area contributed by atoms with Gasteiger partial charge in [0.25, 0.3) is 0 Å². The van der Waals surface area contributed by atoms with E-state index in [1.54, 1.807) is 6.07 Å². The molecule has 0 saturated heterocycles. The van der Waals surface area contributed by atoms with E-state index in [-0.39, 0.29) is 23.1 Å². The van der Waals surface area contributed by atoms with Gasteiger partial charge < -0.3 is 15.5 Å².